The van der Waals surface area contributed by atoms with E-state index >= 15 is 0 Å². The Morgan fingerprint density at radius 2 is 2.00 bits per heavy atom. The number of thiazole rings is 1. The van der Waals surface area contributed by atoms with E-state index in [1.54, 1.807) is 11.3 Å². The summed E-state index contributed by atoms with van der Waals surface area (Å²) < 4.78 is 5.85. The smallest absolute Gasteiger partial charge is 0.125 e. The van der Waals surface area contributed by atoms with Crippen LogP contribution in [0.1, 0.15) is 49.6 Å². The molecule has 2 aromatic rings. The third-order valence-corrected chi connectivity index (χ3v) is 4.86. The van der Waals surface area contributed by atoms with Gasteiger partial charge in [0, 0.05) is 18.4 Å². The van der Waals surface area contributed by atoms with Gasteiger partial charge in [-0.3, -0.25) is 0 Å². The summed E-state index contributed by atoms with van der Waals surface area (Å²) in [5.74, 6) is 0. The standard InChI is InChI=1S/C17H23NO2S/c1-4-17(3,20-5-2)16-18-14(12-21-16)11-15(19)13-9-7-6-8-10-13/h6-10,12,15,19H,4-5,11H2,1-3H3. The number of hydrogen-bond acceptors (Lipinski definition) is 4. The number of nitrogens with zero attached hydrogens (tertiary/aromatic N) is 1. The summed E-state index contributed by atoms with van der Waals surface area (Å²) in [6, 6.07) is 9.71. The molecule has 0 aliphatic carbocycles. The largest absolute Gasteiger partial charge is 0.388 e. The van der Waals surface area contributed by atoms with Crippen molar-refractivity contribution in [3.63, 3.8) is 0 Å². The Bertz CT molecular complexity index is 555. The molecule has 0 aliphatic rings. The molecule has 0 aliphatic heterocycles. The Morgan fingerprint density at radius 3 is 2.62 bits per heavy atom. The van der Waals surface area contributed by atoms with Gasteiger partial charge in [0.1, 0.15) is 10.6 Å². The molecule has 1 aromatic carbocycles. The Morgan fingerprint density at radius 1 is 1.29 bits per heavy atom. The number of ether oxygens (including phenoxy) is 1. The Balaban J connectivity index is 2.10. The monoisotopic (exact) mass is 305 g/mol. The molecule has 0 radical (unpaired) electrons. The normalized spacial score (nSPS) is 15.6. The highest BCUT2D eigenvalue weighted by Gasteiger charge is 2.28. The first-order valence-corrected chi connectivity index (χ1v) is 8.29. The van der Waals surface area contributed by atoms with Gasteiger partial charge in [0.25, 0.3) is 0 Å². The molecule has 4 heteroatoms. The Labute approximate surface area is 130 Å². The summed E-state index contributed by atoms with van der Waals surface area (Å²) in [7, 11) is 0. The van der Waals surface area contributed by atoms with Gasteiger partial charge in [0.05, 0.1) is 11.8 Å². The van der Waals surface area contributed by atoms with Gasteiger partial charge in [-0.2, -0.15) is 0 Å². The maximum atomic E-state index is 10.3. The van der Waals surface area contributed by atoms with Crippen molar-refractivity contribution < 1.29 is 9.84 Å². The summed E-state index contributed by atoms with van der Waals surface area (Å²) in [6.45, 7) is 6.86. The van der Waals surface area contributed by atoms with Crippen LogP contribution < -0.4 is 0 Å². The van der Waals surface area contributed by atoms with Gasteiger partial charge in [-0.25, -0.2) is 4.98 Å². The quantitative estimate of drug-likeness (QED) is 0.838. The fourth-order valence-corrected chi connectivity index (χ4v) is 3.29. The van der Waals surface area contributed by atoms with Gasteiger partial charge < -0.3 is 9.84 Å². The van der Waals surface area contributed by atoms with Crippen LogP contribution in [-0.4, -0.2) is 16.7 Å². The lowest BCUT2D eigenvalue weighted by Crippen LogP contribution is -2.24. The first kappa shape index (κ1) is 16.1. The Kier molecular flexibility index (Phi) is 5.51. The van der Waals surface area contributed by atoms with Crippen LogP contribution in [0, 0.1) is 0 Å². The third-order valence-electron chi connectivity index (χ3n) is 3.73. The minimum absolute atomic E-state index is 0.324. The van der Waals surface area contributed by atoms with E-state index in [0.717, 1.165) is 22.7 Å². The molecule has 0 saturated heterocycles. The summed E-state index contributed by atoms with van der Waals surface area (Å²) in [5.41, 5.74) is 1.52. The van der Waals surface area contributed by atoms with Crippen LogP contribution >= 0.6 is 11.3 Å². The van der Waals surface area contributed by atoms with E-state index in [1.165, 1.54) is 0 Å². The van der Waals surface area contributed by atoms with Gasteiger partial charge in [-0.05, 0) is 25.8 Å². The minimum atomic E-state index is -0.513. The van der Waals surface area contributed by atoms with Crippen molar-refractivity contribution >= 4 is 11.3 Å². The zero-order valence-electron chi connectivity index (χ0n) is 12.9. The molecule has 1 heterocycles. The zero-order chi connectivity index (χ0) is 15.3. The molecule has 1 aromatic heterocycles. The average Bonchev–Trinajstić information content (AvgIpc) is 2.97. The molecular formula is C17H23NO2S. The van der Waals surface area contributed by atoms with Crippen molar-refractivity contribution in [3.8, 4) is 0 Å². The second-order valence-electron chi connectivity index (χ2n) is 5.29. The summed E-state index contributed by atoms with van der Waals surface area (Å²) in [6.07, 6.45) is 0.905. The van der Waals surface area contributed by atoms with Gasteiger partial charge in [-0.15, -0.1) is 11.3 Å². The predicted octanol–water partition coefficient (Wildman–Crippen LogP) is 4.08. The first-order valence-electron chi connectivity index (χ1n) is 7.41. The molecule has 114 valence electrons. The lowest BCUT2D eigenvalue weighted by molar-refractivity contribution is -0.0325. The van der Waals surface area contributed by atoms with Gasteiger partial charge >= 0.3 is 0 Å². The molecule has 21 heavy (non-hydrogen) atoms. The van der Waals surface area contributed by atoms with E-state index < -0.39 is 6.10 Å². The number of benzene rings is 1. The maximum absolute atomic E-state index is 10.3. The van der Waals surface area contributed by atoms with Crippen molar-refractivity contribution in [2.24, 2.45) is 0 Å². The number of rotatable bonds is 7. The van der Waals surface area contributed by atoms with Crippen LogP contribution in [0.3, 0.4) is 0 Å². The Hall–Kier alpha value is -1.23. The third kappa shape index (κ3) is 3.90. The highest BCUT2D eigenvalue weighted by atomic mass is 32.1. The van der Waals surface area contributed by atoms with E-state index in [9.17, 15) is 5.11 Å². The van der Waals surface area contributed by atoms with E-state index in [4.69, 9.17) is 4.74 Å². The van der Waals surface area contributed by atoms with Gasteiger partial charge in [0.2, 0.25) is 0 Å². The summed E-state index contributed by atoms with van der Waals surface area (Å²) >= 11 is 1.61. The topological polar surface area (TPSA) is 42.4 Å². The second-order valence-corrected chi connectivity index (χ2v) is 6.15. The van der Waals surface area contributed by atoms with Crippen molar-refractivity contribution in [1.29, 1.82) is 0 Å². The highest BCUT2D eigenvalue weighted by molar-refractivity contribution is 7.09. The molecule has 0 spiro atoms. The minimum Gasteiger partial charge on any atom is -0.388 e. The van der Waals surface area contributed by atoms with Crippen LogP contribution in [0.4, 0.5) is 0 Å². The first-order chi connectivity index (χ1) is 10.1. The average molecular weight is 305 g/mol. The summed E-state index contributed by atoms with van der Waals surface area (Å²) in [5, 5.41) is 13.3. The van der Waals surface area contributed by atoms with E-state index in [-0.39, 0.29) is 5.60 Å². The van der Waals surface area contributed by atoms with Crippen molar-refractivity contribution in [1.82, 2.24) is 4.98 Å². The van der Waals surface area contributed by atoms with Crippen molar-refractivity contribution in [2.45, 2.75) is 45.3 Å². The zero-order valence-corrected chi connectivity index (χ0v) is 13.7. The molecular weight excluding hydrogens is 282 g/mol. The molecule has 0 saturated carbocycles. The van der Waals surface area contributed by atoms with Gasteiger partial charge in [0.15, 0.2) is 0 Å². The van der Waals surface area contributed by atoms with Crippen molar-refractivity contribution in [2.75, 3.05) is 6.61 Å². The molecule has 0 amide bonds. The molecule has 0 fully saturated rings. The second kappa shape index (κ2) is 7.16. The van der Waals surface area contributed by atoms with E-state index in [2.05, 4.69) is 18.8 Å². The number of aromatic nitrogens is 1. The number of hydrogen-bond donors (Lipinski definition) is 1. The molecule has 1 N–H and O–H groups in total. The number of aliphatic hydroxyl groups excluding tert-OH is 1. The fraction of sp³-hybridized carbons (Fsp3) is 0.471. The van der Waals surface area contributed by atoms with Crippen LogP contribution in [-0.2, 0) is 16.8 Å². The number of aliphatic hydroxyl groups is 1. The molecule has 0 bridgehead atoms. The van der Waals surface area contributed by atoms with E-state index in [0.29, 0.717) is 13.0 Å². The fourth-order valence-electron chi connectivity index (χ4n) is 2.27. The molecule has 2 rings (SSSR count). The van der Waals surface area contributed by atoms with Crippen molar-refractivity contribution in [3.05, 3.63) is 52.0 Å². The highest BCUT2D eigenvalue weighted by Crippen LogP contribution is 2.32. The maximum Gasteiger partial charge on any atom is 0.125 e. The molecule has 2 atom stereocenters. The SMILES string of the molecule is CCOC(C)(CC)c1nc(CC(O)c2ccccc2)cs1. The van der Waals surface area contributed by atoms with Crippen LogP contribution in [0.15, 0.2) is 35.7 Å². The lowest BCUT2D eigenvalue weighted by Gasteiger charge is -2.25. The van der Waals surface area contributed by atoms with Gasteiger partial charge in [-0.1, -0.05) is 37.3 Å². The predicted molar refractivity (Wildman–Crippen MR) is 86.5 cm³/mol. The summed E-state index contributed by atoms with van der Waals surface area (Å²) in [4.78, 5) is 4.67. The van der Waals surface area contributed by atoms with Crippen LogP contribution in [0.2, 0.25) is 0 Å². The molecule has 2 unspecified atom stereocenters. The molecule has 3 nitrogen and oxygen atoms in total. The lowest BCUT2D eigenvalue weighted by atomic mass is 10.0. The van der Waals surface area contributed by atoms with E-state index in [1.807, 2.05) is 42.6 Å². The van der Waals surface area contributed by atoms with Crippen LogP contribution in [0.25, 0.3) is 0 Å². The van der Waals surface area contributed by atoms with Crippen LogP contribution in [0.5, 0.6) is 0 Å².